The maximum Gasteiger partial charge on any atom is 0.254 e. The van der Waals surface area contributed by atoms with Crippen molar-refractivity contribution in [3.63, 3.8) is 0 Å². The summed E-state index contributed by atoms with van der Waals surface area (Å²) < 4.78 is 11.2. The first-order valence-corrected chi connectivity index (χ1v) is 8.14. The molecule has 2 aromatic rings. The molecule has 1 aliphatic heterocycles. The van der Waals surface area contributed by atoms with Crippen LogP contribution in [-0.2, 0) is 4.74 Å². The summed E-state index contributed by atoms with van der Waals surface area (Å²) in [5.41, 5.74) is 1.42. The largest absolute Gasteiger partial charge is 0.497 e. The summed E-state index contributed by atoms with van der Waals surface area (Å²) in [6.45, 7) is 5.13. The van der Waals surface area contributed by atoms with E-state index in [1.807, 2.05) is 73.3 Å². The number of morpholine rings is 1. The van der Waals surface area contributed by atoms with E-state index < -0.39 is 0 Å². The van der Waals surface area contributed by atoms with Crippen molar-refractivity contribution in [3.05, 3.63) is 65.7 Å². The first-order chi connectivity index (χ1) is 11.5. The molecule has 126 valence electrons. The lowest BCUT2D eigenvalue weighted by Crippen LogP contribution is -2.56. The van der Waals surface area contributed by atoms with Gasteiger partial charge in [0, 0.05) is 5.56 Å². The van der Waals surface area contributed by atoms with Gasteiger partial charge in [-0.1, -0.05) is 30.3 Å². The monoisotopic (exact) mass is 325 g/mol. The molecule has 0 radical (unpaired) electrons. The van der Waals surface area contributed by atoms with E-state index in [1.165, 1.54) is 0 Å². The molecular weight excluding hydrogens is 302 g/mol. The van der Waals surface area contributed by atoms with Gasteiger partial charge >= 0.3 is 0 Å². The zero-order valence-electron chi connectivity index (χ0n) is 14.4. The van der Waals surface area contributed by atoms with Crippen molar-refractivity contribution >= 4 is 5.91 Å². The van der Waals surface area contributed by atoms with Crippen LogP contribution in [0.4, 0.5) is 0 Å². The highest BCUT2D eigenvalue weighted by Gasteiger charge is 2.38. The predicted octanol–water partition coefficient (Wildman–Crippen LogP) is 3.69. The minimum atomic E-state index is -0.345. The minimum absolute atomic E-state index is 0.0203. The average Bonchev–Trinajstić information content (AvgIpc) is 2.62. The van der Waals surface area contributed by atoms with E-state index >= 15 is 0 Å². The van der Waals surface area contributed by atoms with Crippen LogP contribution < -0.4 is 4.74 Å². The van der Waals surface area contributed by atoms with Gasteiger partial charge < -0.3 is 14.4 Å². The molecule has 1 aliphatic rings. The quantitative estimate of drug-likeness (QED) is 0.864. The van der Waals surface area contributed by atoms with Crippen LogP contribution in [0.15, 0.2) is 54.6 Å². The maximum absolute atomic E-state index is 13.0. The van der Waals surface area contributed by atoms with Gasteiger partial charge in [-0.2, -0.15) is 0 Å². The number of rotatable bonds is 3. The number of benzene rings is 2. The lowest BCUT2D eigenvalue weighted by molar-refractivity contribution is -0.0846. The van der Waals surface area contributed by atoms with Crippen molar-refractivity contribution in [2.75, 3.05) is 20.3 Å². The third-order valence-corrected chi connectivity index (χ3v) is 4.47. The number of ether oxygens (including phenoxy) is 2. The fourth-order valence-corrected chi connectivity index (χ4v) is 2.96. The number of carbonyl (C=O) groups is 1. The number of hydrogen-bond acceptors (Lipinski definition) is 3. The molecule has 0 spiro atoms. The Morgan fingerprint density at radius 1 is 1.12 bits per heavy atom. The van der Waals surface area contributed by atoms with Gasteiger partial charge in [0.05, 0.1) is 25.8 Å². The van der Waals surface area contributed by atoms with E-state index in [0.717, 1.165) is 11.3 Å². The van der Waals surface area contributed by atoms with Crippen molar-refractivity contribution in [1.82, 2.24) is 4.90 Å². The van der Waals surface area contributed by atoms with Crippen molar-refractivity contribution in [1.29, 1.82) is 0 Å². The van der Waals surface area contributed by atoms with E-state index in [0.29, 0.717) is 18.7 Å². The number of hydrogen-bond donors (Lipinski definition) is 0. The van der Waals surface area contributed by atoms with Gasteiger partial charge in [0.2, 0.25) is 0 Å². The Balaban J connectivity index is 1.83. The van der Waals surface area contributed by atoms with E-state index in [-0.39, 0.29) is 17.6 Å². The van der Waals surface area contributed by atoms with Gasteiger partial charge in [-0.05, 0) is 43.7 Å². The van der Waals surface area contributed by atoms with Crippen LogP contribution in [0.25, 0.3) is 0 Å². The predicted molar refractivity (Wildman–Crippen MR) is 93.2 cm³/mol. The SMILES string of the molecule is COc1ccc(C(=O)N2CC(c3ccccc3)OCC2(C)C)cc1. The summed E-state index contributed by atoms with van der Waals surface area (Å²) in [6.07, 6.45) is -0.0959. The molecule has 1 heterocycles. The third kappa shape index (κ3) is 3.29. The maximum atomic E-state index is 13.0. The normalized spacial score (nSPS) is 19.8. The van der Waals surface area contributed by atoms with Crippen molar-refractivity contribution < 1.29 is 14.3 Å². The molecule has 0 aromatic heterocycles. The van der Waals surface area contributed by atoms with Gasteiger partial charge in [0.25, 0.3) is 5.91 Å². The second-order valence-corrected chi connectivity index (χ2v) is 6.67. The zero-order chi connectivity index (χ0) is 17.2. The molecule has 1 unspecified atom stereocenters. The molecule has 4 heteroatoms. The molecule has 3 rings (SSSR count). The standard InChI is InChI=1S/C20H23NO3/c1-20(2)14-24-18(15-7-5-4-6-8-15)13-21(20)19(22)16-9-11-17(23-3)12-10-16/h4-12,18H,13-14H2,1-3H3. The smallest absolute Gasteiger partial charge is 0.254 e. The zero-order valence-corrected chi connectivity index (χ0v) is 14.4. The summed E-state index contributed by atoms with van der Waals surface area (Å²) >= 11 is 0. The second-order valence-electron chi connectivity index (χ2n) is 6.67. The van der Waals surface area contributed by atoms with Gasteiger partial charge in [-0.25, -0.2) is 0 Å². The molecule has 0 saturated carbocycles. The summed E-state index contributed by atoms with van der Waals surface area (Å²) in [5, 5.41) is 0. The fourth-order valence-electron chi connectivity index (χ4n) is 2.96. The molecule has 1 amide bonds. The van der Waals surface area contributed by atoms with E-state index in [2.05, 4.69) is 0 Å². The number of carbonyl (C=O) groups excluding carboxylic acids is 1. The van der Waals surface area contributed by atoms with Crippen molar-refractivity contribution in [2.45, 2.75) is 25.5 Å². The first-order valence-electron chi connectivity index (χ1n) is 8.14. The van der Waals surface area contributed by atoms with Gasteiger partial charge in [-0.15, -0.1) is 0 Å². The van der Waals surface area contributed by atoms with E-state index in [9.17, 15) is 4.79 Å². The molecule has 24 heavy (non-hydrogen) atoms. The van der Waals surface area contributed by atoms with Crippen LogP contribution in [-0.4, -0.2) is 36.6 Å². The Kier molecular flexibility index (Phi) is 4.58. The topological polar surface area (TPSA) is 38.8 Å². The van der Waals surface area contributed by atoms with Crippen molar-refractivity contribution in [3.8, 4) is 5.75 Å². The number of methoxy groups -OCH3 is 1. The summed E-state index contributed by atoms with van der Waals surface area (Å²) in [4.78, 5) is 14.9. The lowest BCUT2D eigenvalue weighted by atomic mass is 9.97. The van der Waals surface area contributed by atoms with Gasteiger partial charge in [-0.3, -0.25) is 4.79 Å². The Morgan fingerprint density at radius 3 is 2.42 bits per heavy atom. The van der Waals surface area contributed by atoms with Crippen molar-refractivity contribution in [2.24, 2.45) is 0 Å². The lowest BCUT2D eigenvalue weighted by Gasteiger charge is -2.45. The Morgan fingerprint density at radius 2 is 1.79 bits per heavy atom. The van der Waals surface area contributed by atoms with E-state index in [1.54, 1.807) is 7.11 Å². The highest BCUT2D eigenvalue weighted by atomic mass is 16.5. The van der Waals surface area contributed by atoms with E-state index in [4.69, 9.17) is 9.47 Å². The molecule has 2 aromatic carbocycles. The fraction of sp³-hybridized carbons (Fsp3) is 0.350. The number of amides is 1. The van der Waals surface area contributed by atoms with Gasteiger partial charge in [0.15, 0.2) is 0 Å². The summed E-state index contributed by atoms with van der Waals surface area (Å²) in [5.74, 6) is 0.766. The molecule has 1 saturated heterocycles. The highest BCUT2D eigenvalue weighted by molar-refractivity contribution is 5.95. The Labute approximate surface area is 143 Å². The Hall–Kier alpha value is -2.33. The molecule has 4 nitrogen and oxygen atoms in total. The molecule has 0 aliphatic carbocycles. The van der Waals surface area contributed by atoms with Crippen LogP contribution in [0.1, 0.15) is 35.9 Å². The average molecular weight is 325 g/mol. The molecule has 0 bridgehead atoms. The Bertz CT molecular complexity index is 695. The van der Waals surface area contributed by atoms with Gasteiger partial charge in [0.1, 0.15) is 11.9 Å². The number of nitrogens with zero attached hydrogens (tertiary/aromatic N) is 1. The first kappa shape index (κ1) is 16.5. The summed E-state index contributed by atoms with van der Waals surface area (Å²) in [6, 6.07) is 17.3. The minimum Gasteiger partial charge on any atom is -0.497 e. The molecule has 1 atom stereocenters. The second kappa shape index (κ2) is 6.65. The van der Waals surface area contributed by atoms with Crippen LogP contribution in [0.2, 0.25) is 0 Å². The molecular formula is C20H23NO3. The molecule has 0 N–H and O–H groups in total. The van der Waals surface area contributed by atoms with Crippen LogP contribution in [0.5, 0.6) is 5.75 Å². The van der Waals surface area contributed by atoms with Crippen LogP contribution >= 0.6 is 0 Å². The van der Waals surface area contributed by atoms with Crippen LogP contribution in [0, 0.1) is 0 Å². The third-order valence-electron chi connectivity index (χ3n) is 4.47. The highest BCUT2D eigenvalue weighted by Crippen LogP contribution is 2.31. The van der Waals surface area contributed by atoms with Crippen LogP contribution in [0.3, 0.4) is 0 Å². The molecule has 1 fully saturated rings. The summed E-state index contributed by atoms with van der Waals surface area (Å²) in [7, 11) is 1.62.